The molecule has 9 heteroatoms. The first kappa shape index (κ1) is 17.7. The van der Waals surface area contributed by atoms with Crippen LogP contribution in [0.5, 0.6) is 0 Å². The molecule has 1 aliphatic rings. The van der Waals surface area contributed by atoms with Crippen LogP contribution < -0.4 is 16.0 Å². The van der Waals surface area contributed by atoms with E-state index in [-0.39, 0.29) is 12.3 Å². The Kier molecular flexibility index (Phi) is 4.54. The maximum absolute atomic E-state index is 12.4. The summed E-state index contributed by atoms with van der Waals surface area (Å²) in [6.07, 6.45) is -2.69. The number of benzene rings is 1. The summed E-state index contributed by atoms with van der Waals surface area (Å²) in [5, 5.41) is 6.85. The highest BCUT2D eigenvalue weighted by molar-refractivity contribution is 6.00. The molecule has 1 aromatic carbocycles. The van der Waals surface area contributed by atoms with Crippen LogP contribution in [0.15, 0.2) is 36.5 Å². The number of hydrogen-bond acceptors (Lipinski definition) is 3. The molecule has 0 bridgehead atoms. The normalized spacial score (nSPS) is 14.4. The van der Waals surface area contributed by atoms with Crippen LogP contribution in [0.3, 0.4) is 0 Å². The summed E-state index contributed by atoms with van der Waals surface area (Å²) in [4.78, 5) is 27.3. The van der Waals surface area contributed by atoms with Crippen molar-refractivity contribution in [3.63, 3.8) is 0 Å². The minimum absolute atomic E-state index is 0.131. The Morgan fingerprint density at radius 1 is 1.23 bits per heavy atom. The van der Waals surface area contributed by atoms with Crippen LogP contribution in [0.2, 0.25) is 0 Å². The highest BCUT2D eigenvalue weighted by atomic mass is 19.4. The second kappa shape index (κ2) is 6.66. The standard InChI is InChI=1S/C17H15F3N4O2/c1-9(17(18,19)20)22-16(26)23-11-4-2-10(3-5-11)12-6-7-21-15-13(12)8-14(25)24-15/h2-7,9H,8H2,1H3,(H,21,24,25)(H2,22,23,26). The van der Waals surface area contributed by atoms with Crippen LogP contribution in [0.25, 0.3) is 11.1 Å². The summed E-state index contributed by atoms with van der Waals surface area (Å²) in [5.74, 6) is 0.393. The lowest BCUT2D eigenvalue weighted by Gasteiger charge is -2.17. The molecule has 0 aliphatic carbocycles. The van der Waals surface area contributed by atoms with Gasteiger partial charge >= 0.3 is 12.2 Å². The summed E-state index contributed by atoms with van der Waals surface area (Å²) in [7, 11) is 0. The number of amides is 3. The minimum Gasteiger partial charge on any atom is -0.326 e. The third-order valence-electron chi connectivity index (χ3n) is 3.94. The van der Waals surface area contributed by atoms with Gasteiger partial charge < -0.3 is 16.0 Å². The quantitative estimate of drug-likeness (QED) is 0.781. The molecule has 1 atom stereocenters. The van der Waals surface area contributed by atoms with Gasteiger partial charge in [0.1, 0.15) is 11.9 Å². The topological polar surface area (TPSA) is 83.1 Å². The summed E-state index contributed by atoms with van der Waals surface area (Å²) in [6, 6.07) is 5.45. The Hall–Kier alpha value is -3.10. The molecule has 0 spiro atoms. The van der Waals surface area contributed by atoms with Gasteiger partial charge in [-0.1, -0.05) is 12.1 Å². The molecule has 1 aromatic heterocycles. The number of nitrogens with zero attached hydrogens (tertiary/aromatic N) is 1. The lowest BCUT2D eigenvalue weighted by atomic mass is 10.00. The van der Waals surface area contributed by atoms with E-state index in [0.717, 1.165) is 23.6 Å². The molecule has 3 amide bonds. The fourth-order valence-electron chi connectivity index (χ4n) is 2.57. The smallest absolute Gasteiger partial charge is 0.326 e. The second-order valence-corrected chi connectivity index (χ2v) is 5.85. The van der Waals surface area contributed by atoms with E-state index in [1.165, 1.54) is 0 Å². The van der Waals surface area contributed by atoms with Crippen molar-refractivity contribution < 1.29 is 22.8 Å². The van der Waals surface area contributed by atoms with Gasteiger partial charge in [-0.15, -0.1) is 0 Å². The van der Waals surface area contributed by atoms with Crippen molar-refractivity contribution in [1.29, 1.82) is 0 Å². The number of pyridine rings is 1. The fraction of sp³-hybridized carbons (Fsp3) is 0.235. The zero-order valence-corrected chi connectivity index (χ0v) is 13.6. The molecule has 136 valence electrons. The Morgan fingerprint density at radius 2 is 1.92 bits per heavy atom. The number of carbonyl (C=O) groups is 2. The number of anilines is 2. The molecule has 1 aliphatic heterocycles. The predicted octanol–water partition coefficient (Wildman–Crippen LogP) is 3.32. The van der Waals surface area contributed by atoms with Crippen LogP contribution in [0.4, 0.5) is 29.5 Å². The average Bonchev–Trinajstić information content (AvgIpc) is 2.94. The van der Waals surface area contributed by atoms with Crippen molar-refractivity contribution in [2.24, 2.45) is 0 Å². The van der Waals surface area contributed by atoms with Crippen molar-refractivity contribution in [3.05, 3.63) is 42.1 Å². The molecule has 3 rings (SSSR count). The molecular formula is C17H15F3N4O2. The van der Waals surface area contributed by atoms with Crippen molar-refractivity contribution in [1.82, 2.24) is 10.3 Å². The Labute approximate surface area is 146 Å². The molecule has 0 saturated carbocycles. The van der Waals surface area contributed by atoms with Crippen molar-refractivity contribution in [2.45, 2.75) is 25.6 Å². The molecule has 2 aromatic rings. The van der Waals surface area contributed by atoms with Gasteiger partial charge in [-0.05, 0) is 36.2 Å². The van der Waals surface area contributed by atoms with Crippen molar-refractivity contribution in [3.8, 4) is 11.1 Å². The number of fused-ring (bicyclic) bond motifs is 1. The number of halogens is 3. The number of aromatic nitrogens is 1. The summed E-state index contributed by atoms with van der Waals surface area (Å²) in [5.41, 5.74) is 2.76. The van der Waals surface area contributed by atoms with Crippen LogP contribution in [-0.4, -0.2) is 29.1 Å². The number of urea groups is 1. The number of rotatable bonds is 3. The predicted molar refractivity (Wildman–Crippen MR) is 89.7 cm³/mol. The summed E-state index contributed by atoms with van der Waals surface area (Å²) >= 11 is 0. The third-order valence-corrected chi connectivity index (χ3v) is 3.94. The molecular weight excluding hydrogens is 349 g/mol. The monoisotopic (exact) mass is 364 g/mol. The summed E-state index contributed by atoms with van der Waals surface area (Å²) < 4.78 is 37.3. The van der Waals surface area contributed by atoms with Crippen molar-refractivity contribution >= 4 is 23.4 Å². The van der Waals surface area contributed by atoms with E-state index in [1.54, 1.807) is 36.5 Å². The Balaban J connectivity index is 1.71. The van der Waals surface area contributed by atoms with Crippen LogP contribution in [0, 0.1) is 0 Å². The maximum atomic E-state index is 12.4. The zero-order valence-electron chi connectivity index (χ0n) is 13.6. The molecule has 2 heterocycles. The Bertz CT molecular complexity index is 850. The van der Waals surface area contributed by atoms with E-state index in [2.05, 4.69) is 15.6 Å². The Morgan fingerprint density at radius 3 is 2.58 bits per heavy atom. The van der Waals surface area contributed by atoms with E-state index in [9.17, 15) is 22.8 Å². The number of nitrogens with one attached hydrogen (secondary N) is 3. The van der Waals surface area contributed by atoms with E-state index in [1.807, 2.05) is 5.32 Å². The highest BCUT2D eigenvalue weighted by Crippen LogP contribution is 2.32. The second-order valence-electron chi connectivity index (χ2n) is 5.85. The van der Waals surface area contributed by atoms with Crippen molar-refractivity contribution in [2.75, 3.05) is 10.6 Å². The highest BCUT2D eigenvalue weighted by Gasteiger charge is 2.37. The molecule has 3 N–H and O–H groups in total. The largest absolute Gasteiger partial charge is 0.408 e. The first-order valence-electron chi connectivity index (χ1n) is 7.76. The van der Waals surface area contributed by atoms with E-state index in [0.29, 0.717) is 11.5 Å². The average molecular weight is 364 g/mol. The summed E-state index contributed by atoms with van der Waals surface area (Å²) in [6.45, 7) is 0.863. The van der Waals surface area contributed by atoms with Gasteiger partial charge in [-0.2, -0.15) is 13.2 Å². The number of carbonyl (C=O) groups excluding carboxylic acids is 2. The molecule has 0 saturated heterocycles. The van der Waals surface area contributed by atoms with Crippen LogP contribution in [0.1, 0.15) is 12.5 Å². The number of alkyl halides is 3. The molecule has 6 nitrogen and oxygen atoms in total. The van der Waals surface area contributed by atoms with E-state index in [4.69, 9.17) is 0 Å². The van der Waals surface area contributed by atoms with Gasteiger partial charge in [-0.3, -0.25) is 4.79 Å². The lowest BCUT2D eigenvalue weighted by Crippen LogP contribution is -2.44. The first-order chi connectivity index (χ1) is 12.2. The zero-order chi connectivity index (χ0) is 18.9. The van der Waals surface area contributed by atoms with Gasteiger partial charge in [0, 0.05) is 17.4 Å². The SMILES string of the molecule is CC(NC(=O)Nc1ccc(-c2ccnc3c2CC(=O)N3)cc1)C(F)(F)F. The third kappa shape index (κ3) is 3.76. The van der Waals surface area contributed by atoms with Gasteiger partial charge in [-0.25, -0.2) is 9.78 Å². The van der Waals surface area contributed by atoms with Crippen LogP contribution >= 0.6 is 0 Å². The van der Waals surface area contributed by atoms with Gasteiger partial charge in [0.05, 0.1) is 6.42 Å². The van der Waals surface area contributed by atoms with Gasteiger partial charge in [0.15, 0.2) is 0 Å². The fourth-order valence-corrected chi connectivity index (χ4v) is 2.57. The lowest BCUT2D eigenvalue weighted by molar-refractivity contribution is -0.148. The molecule has 1 unspecified atom stereocenters. The molecule has 26 heavy (non-hydrogen) atoms. The molecule has 0 radical (unpaired) electrons. The first-order valence-corrected chi connectivity index (χ1v) is 7.76. The van der Waals surface area contributed by atoms with Gasteiger partial charge in [0.2, 0.25) is 5.91 Å². The maximum Gasteiger partial charge on any atom is 0.408 e. The van der Waals surface area contributed by atoms with E-state index >= 15 is 0 Å². The minimum atomic E-state index is -4.51. The van der Waals surface area contributed by atoms with E-state index < -0.39 is 18.2 Å². The molecule has 0 fully saturated rings. The number of hydrogen-bond donors (Lipinski definition) is 3. The van der Waals surface area contributed by atoms with Gasteiger partial charge in [0.25, 0.3) is 0 Å². The van der Waals surface area contributed by atoms with Crippen LogP contribution in [-0.2, 0) is 11.2 Å².